The summed E-state index contributed by atoms with van der Waals surface area (Å²) in [6.07, 6.45) is 3.72. The number of nitrogens with zero attached hydrogens (tertiary/aromatic N) is 1. The van der Waals surface area contributed by atoms with Crippen molar-refractivity contribution in [2.45, 2.75) is 167 Å². The van der Waals surface area contributed by atoms with Gasteiger partial charge in [0.05, 0.1) is 30.5 Å². The quantitative estimate of drug-likeness (QED) is 0.196. The number of ether oxygens (including phenoxy) is 5. The maximum atomic E-state index is 14.3. The SMILES string of the molecule is CC[C@@H]1/C=C(\C)C[C@@H](C)C[C@H](OC)[C@H]2O[C@@](O)(C(=O)C(=O)N3CCCC[C@H]3C(=O)O[C@H](/C(C)=C/[C@@H]3CC[C@@H](O)[C@H](OC)C3)[C@H](C)[C@@H](O)CC1=O)[C@H](C)C[C@@H]2OC. The second-order valence-corrected chi connectivity index (χ2v) is 17.2. The number of amides is 1. The number of carbonyl (C=O) groups excluding carboxylic acids is 4. The monoisotopic (exact) mass is 791 g/mol. The summed E-state index contributed by atoms with van der Waals surface area (Å²) in [5.41, 5.74) is 1.66. The molecule has 0 spiro atoms. The van der Waals surface area contributed by atoms with Crippen LogP contribution in [0.25, 0.3) is 0 Å². The molecule has 13 nitrogen and oxygen atoms in total. The molecule has 3 heterocycles. The third kappa shape index (κ3) is 10.7. The minimum Gasteiger partial charge on any atom is -0.456 e. The fourth-order valence-corrected chi connectivity index (χ4v) is 9.39. The number of methoxy groups -OCH3 is 3. The van der Waals surface area contributed by atoms with E-state index in [9.17, 15) is 34.5 Å². The zero-order valence-electron chi connectivity index (χ0n) is 35.1. The van der Waals surface area contributed by atoms with Crippen LogP contribution >= 0.6 is 0 Å². The Morgan fingerprint density at radius 3 is 2.21 bits per heavy atom. The number of fused-ring (bicyclic) bond motifs is 3. The maximum Gasteiger partial charge on any atom is 0.329 e. The minimum absolute atomic E-state index is 0.000914. The first-order valence-electron chi connectivity index (χ1n) is 20.8. The summed E-state index contributed by atoms with van der Waals surface area (Å²) in [5.74, 6) is -7.50. The van der Waals surface area contributed by atoms with Gasteiger partial charge in [0.15, 0.2) is 0 Å². The number of hydrogen-bond acceptors (Lipinski definition) is 12. The molecule has 3 N–H and O–H groups in total. The Morgan fingerprint density at radius 2 is 1.57 bits per heavy atom. The number of piperidine rings is 1. The van der Waals surface area contributed by atoms with Crippen LogP contribution in [0.15, 0.2) is 23.3 Å². The number of ketones is 2. The Bertz CT molecular complexity index is 1430. The summed E-state index contributed by atoms with van der Waals surface area (Å²) in [4.78, 5) is 57.6. The standard InChI is InChI=1S/C43H69NO12/c1-10-30-18-24(2)17-25(3)19-36(53-8)39-37(54-9)21-27(5)43(51,56-39)40(48)41(49)44-16-12-11-13-31(44)42(50)55-38(28(6)33(46)23-34(30)47)26(4)20-29-14-15-32(45)35(22-29)52-7/h18,20,25,27-33,35-39,45-46,51H,10-17,19,21-23H2,1-9H3/b24-18+,26-20+/t25-,27-,28-,29+,30-,31+,32-,33+,35-,36+,37+,38-,39-,43-/m1/s1. The van der Waals surface area contributed by atoms with Crippen LogP contribution in [0, 0.1) is 29.6 Å². The Labute approximate surface area is 333 Å². The van der Waals surface area contributed by atoms with Gasteiger partial charge in [-0.05, 0) is 95.5 Å². The number of Topliss-reactive ketones (excluding diaryl/α,β-unsaturated/α-hetero) is 2. The van der Waals surface area contributed by atoms with E-state index >= 15 is 0 Å². The molecule has 2 saturated heterocycles. The van der Waals surface area contributed by atoms with E-state index in [1.54, 1.807) is 21.0 Å². The topological polar surface area (TPSA) is 178 Å². The lowest BCUT2D eigenvalue weighted by molar-refractivity contribution is -0.302. The van der Waals surface area contributed by atoms with E-state index in [4.69, 9.17) is 23.7 Å². The van der Waals surface area contributed by atoms with Crippen molar-refractivity contribution >= 4 is 23.4 Å². The van der Waals surface area contributed by atoms with Gasteiger partial charge in [-0.15, -0.1) is 0 Å². The molecule has 1 aliphatic carbocycles. The summed E-state index contributed by atoms with van der Waals surface area (Å²) in [6.45, 7) is 11.3. The highest BCUT2D eigenvalue weighted by molar-refractivity contribution is 6.39. The highest BCUT2D eigenvalue weighted by Crippen LogP contribution is 2.39. The number of aliphatic hydroxyl groups is 3. The lowest BCUT2D eigenvalue weighted by atomic mass is 9.81. The van der Waals surface area contributed by atoms with Gasteiger partial charge in [0, 0.05) is 52.0 Å². The second-order valence-electron chi connectivity index (χ2n) is 17.2. The van der Waals surface area contributed by atoms with Gasteiger partial charge < -0.3 is 43.9 Å². The average molecular weight is 792 g/mol. The number of esters is 1. The van der Waals surface area contributed by atoms with Crippen molar-refractivity contribution in [2.24, 2.45) is 29.6 Å². The van der Waals surface area contributed by atoms with Crippen LogP contribution in [0.5, 0.6) is 0 Å². The Morgan fingerprint density at radius 1 is 0.911 bits per heavy atom. The van der Waals surface area contributed by atoms with Gasteiger partial charge in [-0.1, -0.05) is 45.4 Å². The van der Waals surface area contributed by atoms with Crippen LogP contribution in [0.3, 0.4) is 0 Å². The average Bonchev–Trinajstić information content (AvgIpc) is 3.18. The second kappa shape index (κ2) is 20.4. The Balaban J connectivity index is 1.76. The van der Waals surface area contributed by atoms with E-state index in [0.717, 1.165) is 5.57 Å². The first-order chi connectivity index (χ1) is 26.5. The van der Waals surface area contributed by atoms with Gasteiger partial charge in [0.25, 0.3) is 11.7 Å². The van der Waals surface area contributed by atoms with Gasteiger partial charge in [0.2, 0.25) is 5.79 Å². The van der Waals surface area contributed by atoms with E-state index in [0.29, 0.717) is 56.9 Å². The molecule has 0 aromatic rings. The molecule has 0 aromatic heterocycles. The molecule has 3 fully saturated rings. The van der Waals surface area contributed by atoms with E-state index in [1.165, 1.54) is 19.1 Å². The van der Waals surface area contributed by atoms with Crippen molar-refractivity contribution in [1.82, 2.24) is 4.90 Å². The lowest BCUT2D eigenvalue weighted by Crippen LogP contribution is -2.64. The molecule has 1 saturated carbocycles. The fraction of sp³-hybridized carbons (Fsp3) is 0.814. The van der Waals surface area contributed by atoms with E-state index in [-0.39, 0.29) is 49.5 Å². The normalized spacial score (nSPS) is 41.6. The molecule has 3 aliphatic heterocycles. The van der Waals surface area contributed by atoms with Crippen LogP contribution < -0.4 is 0 Å². The van der Waals surface area contributed by atoms with E-state index < -0.39 is 83.9 Å². The van der Waals surface area contributed by atoms with Crippen molar-refractivity contribution in [2.75, 3.05) is 27.9 Å². The number of hydrogen-bond donors (Lipinski definition) is 3. The summed E-state index contributed by atoms with van der Waals surface area (Å²) < 4.78 is 29.7. The molecule has 56 heavy (non-hydrogen) atoms. The molecular formula is C43H69NO12. The van der Waals surface area contributed by atoms with Crippen LogP contribution in [0.2, 0.25) is 0 Å². The predicted molar refractivity (Wildman–Crippen MR) is 208 cm³/mol. The van der Waals surface area contributed by atoms with Crippen molar-refractivity contribution in [3.8, 4) is 0 Å². The molecule has 4 rings (SSSR count). The fourth-order valence-electron chi connectivity index (χ4n) is 9.39. The first-order valence-corrected chi connectivity index (χ1v) is 20.8. The van der Waals surface area contributed by atoms with E-state index in [1.807, 2.05) is 32.9 Å². The third-order valence-electron chi connectivity index (χ3n) is 12.9. The van der Waals surface area contributed by atoms with Crippen molar-refractivity contribution in [3.05, 3.63) is 23.3 Å². The number of rotatable bonds is 6. The minimum atomic E-state index is -2.50. The van der Waals surface area contributed by atoms with Crippen LogP contribution in [-0.4, -0.2) is 126 Å². The van der Waals surface area contributed by atoms with E-state index in [2.05, 4.69) is 6.92 Å². The summed E-state index contributed by atoms with van der Waals surface area (Å²) in [7, 11) is 4.63. The molecule has 318 valence electrons. The summed E-state index contributed by atoms with van der Waals surface area (Å²) in [6, 6.07) is -1.13. The zero-order valence-corrected chi connectivity index (χ0v) is 35.1. The van der Waals surface area contributed by atoms with Gasteiger partial charge in [0.1, 0.15) is 24.0 Å². The largest absolute Gasteiger partial charge is 0.456 e. The molecule has 0 unspecified atom stereocenters. The predicted octanol–water partition coefficient (Wildman–Crippen LogP) is 4.47. The number of allylic oxidation sites excluding steroid dienone is 3. The smallest absolute Gasteiger partial charge is 0.329 e. The molecular weight excluding hydrogens is 722 g/mol. The molecule has 1 amide bonds. The molecule has 0 aromatic carbocycles. The molecule has 13 heteroatoms. The maximum absolute atomic E-state index is 14.3. The van der Waals surface area contributed by atoms with Crippen molar-refractivity contribution < 1.29 is 58.2 Å². The zero-order chi connectivity index (χ0) is 41.5. The van der Waals surface area contributed by atoms with Crippen molar-refractivity contribution in [1.29, 1.82) is 0 Å². The Kier molecular flexibility index (Phi) is 16.9. The highest BCUT2D eigenvalue weighted by Gasteiger charge is 2.56. The van der Waals surface area contributed by atoms with Gasteiger partial charge in [-0.3, -0.25) is 14.4 Å². The van der Waals surface area contributed by atoms with Gasteiger partial charge >= 0.3 is 5.97 Å². The first kappa shape index (κ1) is 46.2. The molecule has 0 radical (unpaired) electrons. The summed E-state index contributed by atoms with van der Waals surface area (Å²) in [5, 5.41) is 34.1. The molecule has 14 atom stereocenters. The Hall–Kier alpha value is -2.52. The highest BCUT2D eigenvalue weighted by atomic mass is 16.7. The van der Waals surface area contributed by atoms with Gasteiger partial charge in [-0.25, -0.2) is 4.79 Å². The van der Waals surface area contributed by atoms with Crippen LogP contribution in [0.1, 0.15) is 112 Å². The number of cyclic esters (lactones) is 1. The molecule has 2 bridgehead atoms. The van der Waals surface area contributed by atoms with Crippen LogP contribution in [-0.2, 0) is 42.9 Å². The lowest BCUT2D eigenvalue weighted by Gasteiger charge is -2.47. The van der Waals surface area contributed by atoms with Crippen LogP contribution in [0.4, 0.5) is 0 Å². The number of aliphatic hydroxyl groups excluding tert-OH is 2. The number of carbonyl (C=O) groups is 4. The van der Waals surface area contributed by atoms with Crippen molar-refractivity contribution in [3.63, 3.8) is 0 Å². The third-order valence-corrected chi connectivity index (χ3v) is 12.9. The molecule has 4 aliphatic rings. The van der Waals surface area contributed by atoms with Gasteiger partial charge in [-0.2, -0.15) is 0 Å². The summed E-state index contributed by atoms with van der Waals surface area (Å²) >= 11 is 0.